The van der Waals surface area contributed by atoms with Crippen LogP contribution in [0.2, 0.25) is 0 Å². The standard InChI is InChI=1S/C22H27FN2O3/c1-3-28-22(27)19-13-20(16-9-11-17(23)12-10-16)25(15(19)2)14-21(26)24-18-7-5-4-6-8-18/h9-13,18H,3-8,14H2,1-2H3,(H,24,26). The van der Waals surface area contributed by atoms with Gasteiger partial charge in [0.15, 0.2) is 0 Å². The zero-order valence-electron chi connectivity index (χ0n) is 16.5. The second-order valence-corrected chi connectivity index (χ2v) is 7.24. The molecule has 1 aliphatic carbocycles. The van der Waals surface area contributed by atoms with Gasteiger partial charge in [-0.3, -0.25) is 4.79 Å². The molecule has 2 aromatic rings. The third-order valence-electron chi connectivity index (χ3n) is 5.27. The minimum atomic E-state index is -0.421. The van der Waals surface area contributed by atoms with Gasteiger partial charge in [0.1, 0.15) is 12.4 Å². The molecule has 1 fully saturated rings. The van der Waals surface area contributed by atoms with Gasteiger partial charge >= 0.3 is 5.97 Å². The van der Waals surface area contributed by atoms with Crippen molar-refractivity contribution in [3.05, 3.63) is 47.4 Å². The Hall–Kier alpha value is -2.63. The third kappa shape index (κ3) is 4.61. The summed E-state index contributed by atoms with van der Waals surface area (Å²) in [5, 5.41) is 3.11. The summed E-state index contributed by atoms with van der Waals surface area (Å²) in [5.41, 5.74) is 2.52. The lowest BCUT2D eigenvalue weighted by molar-refractivity contribution is -0.122. The molecule has 0 aliphatic heterocycles. The van der Waals surface area contributed by atoms with Crippen molar-refractivity contribution in [2.24, 2.45) is 0 Å². The number of hydrogen-bond donors (Lipinski definition) is 1. The molecule has 0 unspecified atom stereocenters. The molecule has 1 amide bonds. The van der Waals surface area contributed by atoms with Crippen molar-refractivity contribution in [1.29, 1.82) is 0 Å². The molecule has 0 spiro atoms. The van der Waals surface area contributed by atoms with E-state index in [0.29, 0.717) is 17.0 Å². The molecule has 3 rings (SSSR count). The summed E-state index contributed by atoms with van der Waals surface area (Å²) in [5.74, 6) is -0.835. The van der Waals surface area contributed by atoms with Crippen molar-refractivity contribution in [2.45, 2.75) is 58.5 Å². The largest absolute Gasteiger partial charge is 0.462 e. The van der Waals surface area contributed by atoms with Crippen molar-refractivity contribution in [2.75, 3.05) is 6.61 Å². The van der Waals surface area contributed by atoms with Crippen LogP contribution in [0, 0.1) is 12.7 Å². The Morgan fingerprint density at radius 3 is 2.50 bits per heavy atom. The monoisotopic (exact) mass is 386 g/mol. The lowest BCUT2D eigenvalue weighted by Crippen LogP contribution is -2.38. The lowest BCUT2D eigenvalue weighted by Gasteiger charge is -2.23. The Balaban J connectivity index is 1.89. The number of nitrogens with zero attached hydrogens (tertiary/aromatic N) is 1. The normalized spacial score (nSPS) is 14.7. The van der Waals surface area contributed by atoms with E-state index in [0.717, 1.165) is 31.2 Å². The fraction of sp³-hybridized carbons (Fsp3) is 0.455. The van der Waals surface area contributed by atoms with Crippen molar-refractivity contribution < 1.29 is 18.7 Å². The van der Waals surface area contributed by atoms with E-state index < -0.39 is 5.97 Å². The highest BCUT2D eigenvalue weighted by molar-refractivity contribution is 5.93. The Morgan fingerprint density at radius 1 is 1.18 bits per heavy atom. The van der Waals surface area contributed by atoms with E-state index in [1.165, 1.54) is 18.6 Å². The number of aromatic nitrogens is 1. The van der Waals surface area contributed by atoms with E-state index in [1.54, 1.807) is 36.6 Å². The molecule has 1 aromatic carbocycles. The molecule has 6 heteroatoms. The van der Waals surface area contributed by atoms with Gasteiger partial charge in [0.05, 0.1) is 12.2 Å². The van der Waals surface area contributed by atoms with Crippen molar-refractivity contribution in [3.63, 3.8) is 0 Å². The average molecular weight is 386 g/mol. The maximum absolute atomic E-state index is 13.3. The first-order valence-corrected chi connectivity index (χ1v) is 9.92. The quantitative estimate of drug-likeness (QED) is 0.756. The molecule has 1 aromatic heterocycles. The van der Waals surface area contributed by atoms with Crippen LogP contribution in [0.15, 0.2) is 30.3 Å². The smallest absolute Gasteiger partial charge is 0.339 e. The van der Waals surface area contributed by atoms with E-state index in [9.17, 15) is 14.0 Å². The topological polar surface area (TPSA) is 60.3 Å². The zero-order chi connectivity index (χ0) is 20.1. The summed E-state index contributed by atoms with van der Waals surface area (Å²) < 4.78 is 20.3. The molecular weight excluding hydrogens is 359 g/mol. The summed E-state index contributed by atoms with van der Waals surface area (Å²) in [6.45, 7) is 3.93. The molecule has 150 valence electrons. The predicted molar refractivity (Wildman–Crippen MR) is 106 cm³/mol. The zero-order valence-corrected chi connectivity index (χ0v) is 16.5. The number of esters is 1. The van der Waals surface area contributed by atoms with E-state index >= 15 is 0 Å². The highest BCUT2D eigenvalue weighted by Crippen LogP contribution is 2.27. The highest BCUT2D eigenvalue weighted by Gasteiger charge is 2.22. The number of carbonyl (C=O) groups is 2. The third-order valence-corrected chi connectivity index (χ3v) is 5.27. The Labute approximate surface area is 164 Å². The van der Waals surface area contributed by atoms with Gasteiger partial charge in [0.25, 0.3) is 0 Å². The Morgan fingerprint density at radius 2 is 1.86 bits per heavy atom. The summed E-state index contributed by atoms with van der Waals surface area (Å²) in [4.78, 5) is 25.0. The molecule has 0 bridgehead atoms. The van der Waals surface area contributed by atoms with Crippen LogP contribution in [-0.4, -0.2) is 29.1 Å². The number of hydrogen-bond acceptors (Lipinski definition) is 3. The van der Waals surface area contributed by atoms with Gasteiger partial charge in [-0.2, -0.15) is 0 Å². The van der Waals surface area contributed by atoms with Crippen LogP contribution in [0.4, 0.5) is 4.39 Å². The van der Waals surface area contributed by atoms with Crippen LogP contribution < -0.4 is 5.32 Å². The molecule has 1 saturated carbocycles. The minimum absolute atomic E-state index is 0.0793. The number of carbonyl (C=O) groups excluding carboxylic acids is 2. The molecular formula is C22H27FN2O3. The molecule has 1 heterocycles. The fourth-order valence-electron chi connectivity index (χ4n) is 3.79. The number of ether oxygens (including phenoxy) is 1. The first-order chi connectivity index (χ1) is 13.5. The van der Waals surface area contributed by atoms with Crippen molar-refractivity contribution >= 4 is 11.9 Å². The number of nitrogens with one attached hydrogen (secondary N) is 1. The summed E-state index contributed by atoms with van der Waals surface area (Å²) in [6, 6.07) is 7.97. The molecule has 0 radical (unpaired) electrons. The van der Waals surface area contributed by atoms with Crippen LogP contribution in [0.25, 0.3) is 11.3 Å². The highest BCUT2D eigenvalue weighted by atomic mass is 19.1. The van der Waals surface area contributed by atoms with Crippen LogP contribution in [0.5, 0.6) is 0 Å². The molecule has 0 saturated heterocycles. The molecule has 28 heavy (non-hydrogen) atoms. The van der Waals surface area contributed by atoms with Gasteiger partial charge in [0, 0.05) is 17.4 Å². The van der Waals surface area contributed by atoms with Gasteiger partial charge in [0.2, 0.25) is 5.91 Å². The SMILES string of the molecule is CCOC(=O)c1cc(-c2ccc(F)cc2)n(CC(=O)NC2CCCCC2)c1C. The fourth-order valence-corrected chi connectivity index (χ4v) is 3.79. The number of amides is 1. The Kier molecular flexibility index (Phi) is 6.49. The van der Waals surface area contributed by atoms with Gasteiger partial charge < -0.3 is 14.6 Å². The van der Waals surface area contributed by atoms with Crippen molar-refractivity contribution in [1.82, 2.24) is 9.88 Å². The van der Waals surface area contributed by atoms with Gasteiger partial charge in [-0.1, -0.05) is 19.3 Å². The van der Waals surface area contributed by atoms with E-state index in [2.05, 4.69) is 5.32 Å². The van der Waals surface area contributed by atoms with E-state index in [-0.39, 0.29) is 30.9 Å². The first kappa shape index (κ1) is 20.1. The van der Waals surface area contributed by atoms with Crippen LogP contribution in [0.3, 0.4) is 0 Å². The number of halogens is 1. The lowest BCUT2D eigenvalue weighted by atomic mass is 9.95. The molecule has 5 nitrogen and oxygen atoms in total. The van der Waals surface area contributed by atoms with Gasteiger partial charge in [-0.05, 0) is 62.6 Å². The molecule has 1 aliphatic rings. The predicted octanol–water partition coefficient (Wildman–Crippen LogP) is 4.23. The van der Waals surface area contributed by atoms with Gasteiger partial charge in [-0.15, -0.1) is 0 Å². The van der Waals surface area contributed by atoms with Crippen LogP contribution in [0.1, 0.15) is 55.1 Å². The number of benzene rings is 1. The average Bonchev–Trinajstić information content (AvgIpc) is 3.00. The summed E-state index contributed by atoms with van der Waals surface area (Å²) in [6.07, 6.45) is 5.52. The summed E-state index contributed by atoms with van der Waals surface area (Å²) in [7, 11) is 0. The van der Waals surface area contributed by atoms with E-state index in [4.69, 9.17) is 4.74 Å². The second kappa shape index (κ2) is 9.04. The van der Waals surface area contributed by atoms with Crippen molar-refractivity contribution in [3.8, 4) is 11.3 Å². The molecule has 1 N–H and O–H groups in total. The first-order valence-electron chi connectivity index (χ1n) is 9.92. The minimum Gasteiger partial charge on any atom is -0.462 e. The maximum Gasteiger partial charge on any atom is 0.339 e. The van der Waals surface area contributed by atoms with Gasteiger partial charge in [-0.25, -0.2) is 9.18 Å². The van der Waals surface area contributed by atoms with Crippen LogP contribution in [-0.2, 0) is 16.1 Å². The molecule has 0 atom stereocenters. The maximum atomic E-state index is 13.3. The summed E-state index contributed by atoms with van der Waals surface area (Å²) >= 11 is 0. The second-order valence-electron chi connectivity index (χ2n) is 7.24. The Bertz CT molecular complexity index is 836. The van der Waals surface area contributed by atoms with Crippen LogP contribution >= 0.6 is 0 Å². The van der Waals surface area contributed by atoms with E-state index in [1.807, 2.05) is 0 Å². The number of rotatable bonds is 6.